The Labute approximate surface area is 200 Å². The molecule has 170 valence electrons. The number of aryl methyl sites for hydroxylation is 2. The lowest BCUT2D eigenvalue weighted by molar-refractivity contribution is -0.120. The van der Waals surface area contributed by atoms with Crippen molar-refractivity contribution in [3.63, 3.8) is 0 Å². The Morgan fingerprint density at radius 2 is 1.91 bits per heavy atom. The van der Waals surface area contributed by atoms with Crippen molar-refractivity contribution in [2.75, 3.05) is 11.9 Å². The van der Waals surface area contributed by atoms with E-state index in [1.165, 1.54) is 9.58 Å². The van der Waals surface area contributed by atoms with E-state index < -0.39 is 23.1 Å². The third-order valence-electron chi connectivity index (χ3n) is 5.70. The van der Waals surface area contributed by atoms with E-state index in [4.69, 9.17) is 23.2 Å². The lowest BCUT2D eigenvalue weighted by Crippen LogP contribution is -2.48. The van der Waals surface area contributed by atoms with Crippen LogP contribution >= 0.6 is 23.2 Å². The smallest absolute Gasteiger partial charge is 0.276 e. The van der Waals surface area contributed by atoms with Crippen LogP contribution < -0.4 is 15.6 Å². The van der Waals surface area contributed by atoms with Gasteiger partial charge in [0.25, 0.3) is 5.91 Å². The molecular weight excluding hydrogens is 463 g/mol. The maximum absolute atomic E-state index is 13.1. The van der Waals surface area contributed by atoms with E-state index in [0.29, 0.717) is 18.5 Å². The van der Waals surface area contributed by atoms with Gasteiger partial charge in [0.2, 0.25) is 11.3 Å². The molecule has 0 saturated carbocycles. The number of alkyl halides is 1. The molecule has 1 aliphatic rings. The second-order valence-electron chi connectivity index (χ2n) is 7.91. The molecule has 0 saturated heterocycles. The summed E-state index contributed by atoms with van der Waals surface area (Å²) < 4.78 is 1.38. The lowest BCUT2D eigenvalue weighted by atomic mass is 10.0. The van der Waals surface area contributed by atoms with Crippen LogP contribution in [0.3, 0.4) is 0 Å². The number of fused-ring (bicyclic) bond motifs is 1. The third-order valence-corrected chi connectivity index (χ3v) is 6.34. The SMILES string of the molecule is Cc1ccc2c(c1)CCC(NC(=O)c1nn(-c3ccccc3)c(CCl)c(Cl)c1=O)C(=O)N2C. The van der Waals surface area contributed by atoms with Crippen molar-refractivity contribution < 1.29 is 9.59 Å². The average Bonchev–Trinajstić information content (AvgIpc) is 2.93. The van der Waals surface area contributed by atoms with E-state index in [1.807, 2.05) is 31.2 Å². The zero-order valence-corrected chi connectivity index (χ0v) is 19.7. The number of carbonyl (C=O) groups excluding carboxylic acids is 2. The highest BCUT2D eigenvalue weighted by Crippen LogP contribution is 2.27. The minimum atomic E-state index is -0.812. The highest BCUT2D eigenvalue weighted by atomic mass is 35.5. The highest BCUT2D eigenvalue weighted by molar-refractivity contribution is 6.32. The van der Waals surface area contributed by atoms with Gasteiger partial charge < -0.3 is 10.2 Å². The first-order valence-corrected chi connectivity index (χ1v) is 11.3. The average molecular weight is 485 g/mol. The molecule has 1 N–H and O–H groups in total. The normalized spacial score (nSPS) is 15.7. The van der Waals surface area contributed by atoms with Gasteiger partial charge in [0.15, 0.2) is 5.69 Å². The Morgan fingerprint density at radius 3 is 2.61 bits per heavy atom. The first-order chi connectivity index (χ1) is 15.8. The molecule has 33 heavy (non-hydrogen) atoms. The molecular formula is C24H22Cl2N4O3. The standard InChI is InChI=1S/C24H22Cl2N4O3/c1-14-8-11-18-15(12-14)9-10-17(24(33)29(18)2)27-23(32)21-22(31)20(26)19(13-25)30(28-21)16-6-4-3-5-7-16/h3-8,11-12,17H,9-10,13H2,1-2H3,(H,27,32). The predicted octanol–water partition coefficient (Wildman–Crippen LogP) is 3.64. The van der Waals surface area contributed by atoms with E-state index in [0.717, 1.165) is 16.8 Å². The zero-order valence-electron chi connectivity index (χ0n) is 18.1. The minimum absolute atomic E-state index is 0.0680. The Hall–Kier alpha value is -3.16. The van der Waals surface area contributed by atoms with Crippen molar-refractivity contribution in [2.45, 2.75) is 31.7 Å². The van der Waals surface area contributed by atoms with Crippen LogP contribution in [0, 0.1) is 6.92 Å². The Morgan fingerprint density at radius 1 is 1.18 bits per heavy atom. The van der Waals surface area contributed by atoms with Crippen molar-refractivity contribution in [2.24, 2.45) is 0 Å². The van der Waals surface area contributed by atoms with Gasteiger partial charge >= 0.3 is 0 Å². The minimum Gasteiger partial charge on any atom is -0.339 e. The van der Waals surface area contributed by atoms with Gasteiger partial charge in [0, 0.05) is 12.7 Å². The topological polar surface area (TPSA) is 84.3 Å². The van der Waals surface area contributed by atoms with Gasteiger partial charge in [-0.25, -0.2) is 4.68 Å². The fourth-order valence-corrected chi connectivity index (χ4v) is 4.51. The molecule has 7 nitrogen and oxygen atoms in total. The molecule has 0 aliphatic carbocycles. The van der Waals surface area contributed by atoms with E-state index in [2.05, 4.69) is 10.4 Å². The number of aromatic nitrogens is 2. The zero-order chi connectivity index (χ0) is 23.7. The second-order valence-corrected chi connectivity index (χ2v) is 8.56. The summed E-state index contributed by atoms with van der Waals surface area (Å²) in [5.41, 5.74) is 2.68. The van der Waals surface area contributed by atoms with Crippen molar-refractivity contribution in [3.05, 3.63) is 86.3 Å². The molecule has 0 spiro atoms. The summed E-state index contributed by atoms with van der Waals surface area (Å²) in [5.74, 6) is -1.10. The number of benzene rings is 2. The summed E-state index contributed by atoms with van der Waals surface area (Å²) in [6.45, 7) is 1.99. The van der Waals surface area contributed by atoms with Gasteiger partial charge in [-0.05, 0) is 43.5 Å². The maximum atomic E-state index is 13.1. The predicted molar refractivity (Wildman–Crippen MR) is 129 cm³/mol. The second kappa shape index (κ2) is 9.37. The number of likely N-dealkylation sites (N-methyl/N-ethyl adjacent to an activating group) is 1. The third kappa shape index (κ3) is 4.38. The van der Waals surface area contributed by atoms with Crippen molar-refractivity contribution in [1.29, 1.82) is 0 Å². The molecule has 2 heterocycles. The van der Waals surface area contributed by atoms with Gasteiger partial charge in [-0.1, -0.05) is 47.5 Å². The van der Waals surface area contributed by atoms with Crippen LogP contribution in [0.2, 0.25) is 5.02 Å². The molecule has 2 aromatic carbocycles. The molecule has 4 rings (SSSR count). The monoisotopic (exact) mass is 484 g/mol. The fraction of sp³-hybridized carbons (Fsp3) is 0.250. The number of carbonyl (C=O) groups is 2. The number of hydrogen-bond donors (Lipinski definition) is 1. The number of hydrogen-bond acceptors (Lipinski definition) is 4. The summed E-state index contributed by atoms with van der Waals surface area (Å²) in [6.07, 6.45) is 0.997. The molecule has 1 unspecified atom stereocenters. The van der Waals surface area contributed by atoms with Crippen molar-refractivity contribution in [3.8, 4) is 5.69 Å². The maximum Gasteiger partial charge on any atom is 0.276 e. The van der Waals surface area contributed by atoms with Crippen molar-refractivity contribution in [1.82, 2.24) is 15.1 Å². The van der Waals surface area contributed by atoms with Gasteiger partial charge in [0.1, 0.15) is 11.1 Å². The summed E-state index contributed by atoms with van der Waals surface area (Å²) in [4.78, 5) is 40.5. The molecule has 0 bridgehead atoms. The van der Waals surface area contributed by atoms with Gasteiger partial charge in [-0.3, -0.25) is 14.4 Å². The number of para-hydroxylation sites is 1. The number of amides is 2. The largest absolute Gasteiger partial charge is 0.339 e. The molecule has 1 atom stereocenters. The van der Waals surface area contributed by atoms with E-state index in [-0.39, 0.29) is 22.5 Å². The van der Waals surface area contributed by atoms with Gasteiger partial charge in [-0.2, -0.15) is 5.10 Å². The molecule has 3 aromatic rings. The summed E-state index contributed by atoms with van der Waals surface area (Å²) in [6, 6.07) is 14.0. The molecule has 1 aromatic heterocycles. The summed E-state index contributed by atoms with van der Waals surface area (Å²) >= 11 is 12.3. The Balaban J connectivity index is 1.67. The molecule has 2 amide bonds. The molecule has 1 aliphatic heterocycles. The number of halogens is 2. The van der Waals surface area contributed by atoms with Gasteiger partial charge in [0.05, 0.1) is 17.3 Å². The Kier molecular flexibility index (Phi) is 6.54. The van der Waals surface area contributed by atoms with Crippen molar-refractivity contribution >= 4 is 40.7 Å². The fourth-order valence-electron chi connectivity index (χ4n) is 3.96. The van der Waals surface area contributed by atoms with E-state index >= 15 is 0 Å². The first kappa shape index (κ1) is 23.0. The number of rotatable bonds is 4. The molecule has 9 heteroatoms. The van der Waals surface area contributed by atoms with Crippen LogP contribution in [0.4, 0.5) is 5.69 Å². The lowest BCUT2D eigenvalue weighted by Gasteiger charge is -2.22. The Bertz CT molecular complexity index is 1290. The summed E-state index contributed by atoms with van der Waals surface area (Å²) in [5, 5.41) is 6.77. The molecule has 0 radical (unpaired) electrons. The van der Waals surface area contributed by atoms with Crippen LogP contribution in [-0.2, 0) is 17.1 Å². The van der Waals surface area contributed by atoms with Crippen LogP contribution in [0.15, 0.2) is 53.3 Å². The van der Waals surface area contributed by atoms with Crippen LogP contribution in [0.1, 0.15) is 33.7 Å². The number of anilines is 1. The van der Waals surface area contributed by atoms with Crippen LogP contribution in [0.5, 0.6) is 0 Å². The highest BCUT2D eigenvalue weighted by Gasteiger charge is 2.31. The van der Waals surface area contributed by atoms with E-state index in [1.54, 1.807) is 31.3 Å². The van der Waals surface area contributed by atoms with Gasteiger partial charge in [-0.15, -0.1) is 11.6 Å². The van der Waals surface area contributed by atoms with Crippen LogP contribution in [-0.4, -0.2) is 34.7 Å². The quantitative estimate of drug-likeness (QED) is 0.572. The van der Waals surface area contributed by atoms with E-state index in [9.17, 15) is 14.4 Å². The number of nitrogens with zero attached hydrogens (tertiary/aromatic N) is 3. The summed E-state index contributed by atoms with van der Waals surface area (Å²) in [7, 11) is 1.67. The number of nitrogens with one attached hydrogen (secondary N) is 1. The first-order valence-electron chi connectivity index (χ1n) is 10.4. The van der Waals surface area contributed by atoms with Crippen LogP contribution in [0.25, 0.3) is 5.69 Å². The molecule has 0 fully saturated rings.